The molecule has 0 aliphatic rings. The lowest BCUT2D eigenvalue weighted by Gasteiger charge is -2.19. The van der Waals surface area contributed by atoms with E-state index < -0.39 is 6.04 Å². The van der Waals surface area contributed by atoms with E-state index in [1.54, 1.807) is 49.4 Å². The van der Waals surface area contributed by atoms with Crippen molar-refractivity contribution in [3.8, 4) is 0 Å². The molecule has 126 valence electrons. The van der Waals surface area contributed by atoms with Crippen LogP contribution in [0.4, 0.5) is 0 Å². The van der Waals surface area contributed by atoms with Crippen LogP contribution < -0.4 is 10.6 Å². The van der Waals surface area contributed by atoms with Gasteiger partial charge in [-0.3, -0.25) is 9.59 Å². The normalized spacial score (nSPS) is 13.0. The molecule has 0 radical (unpaired) electrons. The highest BCUT2D eigenvalue weighted by Crippen LogP contribution is 2.25. The first-order valence-electron chi connectivity index (χ1n) is 7.49. The molecular formula is C18H18Cl2N2O2. The Labute approximate surface area is 151 Å². The molecule has 24 heavy (non-hydrogen) atoms. The molecule has 0 aliphatic heterocycles. The molecule has 2 atom stereocenters. The first-order chi connectivity index (χ1) is 11.4. The van der Waals surface area contributed by atoms with Crippen molar-refractivity contribution in [2.45, 2.75) is 25.9 Å². The average molecular weight is 365 g/mol. The maximum Gasteiger partial charge on any atom is 0.251 e. The van der Waals surface area contributed by atoms with Crippen molar-refractivity contribution in [1.29, 1.82) is 0 Å². The van der Waals surface area contributed by atoms with E-state index >= 15 is 0 Å². The molecule has 0 heterocycles. The van der Waals surface area contributed by atoms with Crippen LogP contribution >= 0.6 is 23.2 Å². The van der Waals surface area contributed by atoms with Gasteiger partial charge in [0, 0.05) is 5.56 Å². The van der Waals surface area contributed by atoms with E-state index in [0.29, 0.717) is 15.6 Å². The van der Waals surface area contributed by atoms with Crippen LogP contribution in [0.1, 0.15) is 35.8 Å². The van der Waals surface area contributed by atoms with Gasteiger partial charge in [0.05, 0.1) is 16.1 Å². The van der Waals surface area contributed by atoms with Crippen LogP contribution in [-0.2, 0) is 4.79 Å². The third-order valence-electron chi connectivity index (χ3n) is 3.58. The van der Waals surface area contributed by atoms with E-state index in [1.807, 2.05) is 13.0 Å². The number of benzene rings is 2. The van der Waals surface area contributed by atoms with E-state index in [-0.39, 0.29) is 17.9 Å². The van der Waals surface area contributed by atoms with Gasteiger partial charge in [-0.15, -0.1) is 0 Å². The molecule has 6 heteroatoms. The summed E-state index contributed by atoms with van der Waals surface area (Å²) in [5, 5.41) is 6.41. The van der Waals surface area contributed by atoms with E-state index in [1.165, 1.54) is 0 Å². The zero-order valence-electron chi connectivity index (χ0n) is 13.3. The SMILES string of the molecule is CC(NC(=O)c1ccccc1)C(=O)NC(C)c1ccc(Cl)c(Cl)c1. The largest absolute Gasteiger partial charge is 0.348 e. The van der Waals surface area contributed by atoms with Gasteiger partial charge in [-0.2, -0.15) is 0 Å². The van der Waals surface area contributed by atoms with Gasteiger partial charge < -0.3 is 10.6 Å². The van der Waals surface area contributed by atoms with E-state index in [2.05, 4.69) is 10.6 Å². The lowest BCUT2D eigenvalue weighted by molar-refractivity contribution is -0.123. The zero-order chi connectivity index (χ0) is 17.7. The van der Waals surface area contributed by atoms with Gasteiger partial charge >= 0.3 is 0 Å². The molecule has 2 N–H and O–H groups in total. The van der Waals surface area contributed by atoms with Gasteiger partial charge in [0.15, 0.2) is 0 Å². The van der Waals surface area contributed by atoms with Crippen molar-refractivity contribution < 1.29 is 9.59 Å². The zero-order valence-corrected chi connectivity index (χ0v) is 14.9. The molecule has 2 amide bonds. The van der Waals surface area contributed by atoms with Gasteiger partial charge in [-0.25, -0.2) is 0 Å². The number of halogens is 2. The van der Waals surface area contributed by atoms with Crippen LogP contribution in [0.3, 0.4) is 0 Å². The lowest BCUT2D eigenvalue weighted by atomic mass is 10.1. The predicted octanol–water partition coefficient (Wildman–Crippen LogP) is 3.99. The molecule has 2 aromatic rings. The fourth-order valence-electron chi connectivity index (χ4n) is 2.14. The Balaban J connectivity index is 1.95. The number of hydrogen-bond donors (Lipinski definition) is 2. The van der Waals surface area contributed by atoms with Crippen molar-refractivity contribution in [1.82, 2.24) is 10.6 Å². The summed E-state index contributed by atoms with van der Waals surface area (Å²) in [6.07, 6.45) is 0. The molecule has 0 saturated carbocycles. The molecule has 0 aromatic heterocycles. The number of hydrogen-bond acceptors (Lipinski definition) is 2. The van der Waals surface area contributed by atoms with Gasteiger partial charge in [0.1, 0.15) is 6.04 Å². The highest BCUT2D eigenvalue weighted by Gasteiger charge is 2.19. The van der Waals surface area contributed by atoms with E-state index in [0.717, 1.165) is 5.56 Å². The summed E-state index contributed by atoms with van der Waals surface area (Å²) in [5.41, 5.74) is 1.34. The maximum absolute atomic E-state index is 12.3. The molecule has 0 bridgehead atoms. The Bertz CT molecular complexity index is 735. The smallest absolute Gasteiger partial charge is 0.251 e. The van der Waals surface area contributed by atoms with Crippen LogP contribution in [0.2, 0.25) is 10.0 Å². The number of carbonyl (C=O) groups excluding carboxylic acids is 2. The summed E-state index contributed by atoms with van der Waals surface area (Å²) in [5.74, 6) is -0.571. The summed E-state index contributed by atoms with van der Waals surface area (Å²) in [6, 6.07) is 13.0. The standard InChI is InChI=1S/C18H18Cl2N2O2/c1-11(14-8-9-15(19)16(20)10-14)21-17(23)12(2)22-18(24)13-6-4-3-5-7-13/h3-12H,1-2H3,(H,21,23)(H,22,24). The third-order valence-corrected chi connectivity index (χ3v) is 4.32. The van der Waals surface area contributed by atoms with Crippen molar-refractivity contribution in [3.05, 3.63) is 69.7 Å². The molecule has 0 aliphatic carbocycles. The molecular weight excluding hydrogens is 347 g/mol. The Morgan fingerprint density at radius 1 is 0.917 bits per heavy atom. The highest BCUT2D eigenvalue weighted by atomic mass is 35.5. The van der Waals surface area contributed by atoms with Crippen molar-refractivity contribution >= 4 is 35.0 Å². The second kappa shape index (κ2) is 8.18. The first kappa shape index (κ1) is 18.3. The van der Waals surface area contributed by atoms with Gasteiger partial charge in [0.2, 0.25) is 5.91 Å². The van der Waals surface area contributed by atoms with Gasteiger partial charge in [-0.1, -0.05) is 47.5 Å². The summed E-state index contributed by atoms with van der Waals surface area (Å²) in [4.78, 5) is 24.3. The fourth-order valence-corrected chi connectivity index (χ4v) is 2.45. The minimum atomic E-state index is -0.664. The summed E-state index contributed by atoms with van der Waals surface area (Å²) >= 11 is 11.9. The second-order valence-corrected chi connectivity index (χ2v) is 6.28. The van der Waals surface area contributed by atoms with Crippen LogP contribution in [0.25, 0.3) is 0 Å². The summed E-state index contributed by atoms with van der Waals surface area (Å²) in [6.45, 7) is 3.47. The monoisotopic (exact) mass is 364 g/mol. The summed E-state index contributed by atoms with van der Waals surface area (Å²) in [7, 11) is 0. The third kappa shape index (κ3) is 4.73. The molecule has 2 rings (SSSR count). The summed E-state index contributed by atoms with van der Waals surface area (Å²) < 4.78 is 0. The van der Waals surface area contributed by atoms with Gasteiger partial charge in [0.25, 0.3) is 5.91 Å². The molecule has 0 fully saturated rings. The number of carbonyl (C=O) groups is 2. The fraction of sp³-hybridized carbons (Fsp3) is 0.222. The average Bonchev–Trinajstić information content (AvgIpc) is 2.57. The van der Waals surface area contributed by atoms with Crippen LogP contribution in [0.15, 0.2) is 48.5 Å². The van der Waals surface area contributed by atoms with Crippen molar-refractivity contribution in [3.63, 3.8) is 0 Å². The minimum absolute atomic E-state index is 0.261. The Morgan fingerprint density at radius 2 is 1.58 bits per heavy atom. The molecule has 0 spiro atoms. The Hall–Kier alpha value is -2.04. The second-order valence-electron chi connectivity index (χ2n) is 5.46. The van der Waals surface area contributed by atoms with E-state index in [4.69, 9.17) is 23.2 Å². The number of amides is 2. The van der Waals surface area contributed by atoms with Crippen LogP contribution in [-0.4, -0.2) is 17.9 Å². The quantitative estimate of drug-likeness (QED) is 0.842. The van der Waals surface area contributed by atoms with Crippen molar-refractivity contribution in [2.24, 2.45) is 0 Å². The highest BCUT2D eigenvalue weighted by molar-refractivity contribution is 6.42. The lowest BCUT2D eigenvalue weighted by Crippen LogP contribution is -2.45. The van der Waals surface area contributed by atoms with Crippen LogP contribution in [0, 0.1) is 0 Å². The van der Waals surface area contributed by atoms with Gasteiger partial charge in [-0.05, 0) is 43.7 Å². The molecule has 4 nitrogen and oxygen atoms in total. The molecule has 2 aromatic carbocycles. The van der Waals surface area contributed by atoms with E-state index in [9.17, 15) is 9.59 Å². The number of rotatable bonds is 5. The molecule has 0 saturated heterocycles. The maximum atomic E-state index is 12.3. The predicted molar refractivity (Wildman–Crippen MR) is 96.4 cm³/mol. The minimum Gasteiger partial charge on any atom is -0.348 e. The molecule has 2 unspecified atom stereocenters. The Kier molecular flexibility index (Phi) is 6.23. The Morgan fingerprint density at radius 3 is 2.21 bits per heavy atom. The van der Waals surface area contributed by atoms with Crippen molar-refractivity contribution in [2.75, 3.05) is 0 Å². The first-order valence-corrected chi connectivity index (χ1v) is 8.25. The number of nitrogens with one attached hydrogen (secondary N) is 2. The topological polar surface area (TPSA) is 58.2 Å². The van der Waals surface area contributed by atoms with Crippen LogP contribution in [0.5, 0.6) is 0 Å².